The van der Waals surface area contributed by atoms with Crippen LogP contribution in [-0.2, 0) is 4.74 Å². The Morgan fingerprint density at radius 2 is 2.00 bits per heavy atom. The van der Waals surface area contributed by atoms with Gasteiger partial charge < -0.3 is 20.3 Å². The maximum absolute atomic E-state index is 14.7. The van der Waals surface area contributed by atoms with Crippen molar-refractivity contribution in [3.05, 3.63) is 29.0 Å². The zero-order valence-electron chi connectivity index (χ0n) is 15.0. The fraction of sp³-hybridized carbons (Fsp3) is 0.471. The average molecular weight is 392 g/mol. The Hall–Kier alpha value is -2.46. The number of aryl methyl sites for hydroxylation is 1. The second-order valence-corrected chi connectivity index (χ2v) is 7.73. The lowest BCUT2D eigenvalue weighted by Crippen LogP contribution is -2.46. The predicted octanol–water partition coefficient (Wildman–Crippen LogP) is 1.60. The molecule has 2 aromatic rings. The van der Waals surface area contributed by atoms with Crippen LogP contribution in [0.3, 0.4) is 0 Å². The summed E-state index contributed by atoms with van der Waals surface area (Å²) in [5.74, 6) is -0.350. The minimum atomic E-state index is -0.487. The third-order valence-corrected chi connectivity index (χ3v) is 5.69. The lowest BCUT2D eigenvalue weighted by molar-refractivity contribution is 0.145. The normalized spacial score (nSPS) is 20.3. The van der Waals surface area contributed by atoms with Crippen LogP contribution in [-0.4, -0.2) is 61.7 Å². The van der Waals surface area contributed by atoms with Crippen LogP contribution in [0.15, 0.2) is 18.2 Å². The monoisotopic (exact) mass is 392 g/mol. The van der Waals surface area contributed by atoms with Gasteiger partial charge in [-0.25, -0.2) is 9.18 Å². The molecule has 1 amide bonds. The van der Waals surface area contributed by atoms with Gasteiger partial charge in [-0.2, -0.15) is 0 Å². The highest BCUT2D eigenvalue weighted by molar-refractivity contribution is 7.15. The second-order valence-electron chi connectivity index (χ2n) is 6.57. The summed E-state index contributed by atoms with van der Waals surface area (Å²) < 4.78 is 19.9. The Bertz CT molecular complexity index is 839. The number of carbonyl (C=O) groups excluding carboxylic acids is 1. The number of aromatic nitrogens is 2. The number of hydrogen-bond acceptors (Lipinski definition) is 8. The summed E-state index contributed by atoms with van der Waals surface area (Å²) in [5.41, 5.74) is 6.57. The minimum absolute atomic E-state index is 0.251. The summed E-state index contributed by atoms with van der Waals surface area (Å²) in [6.45, 7) is 5.42. The number of cyclic esters (lactones) is 1. The Labute approximate surface area is 160 Å². The van der Waals surface area contributed by atoms with E-state index in [9.17, 15) is 9.18 Å². The predicted molar refractivity (Wildman–Crippen MR) is 102 cm³/mol. The number of rotatable bonds is 4. The largest absolute Gasteiger partial charge is 0.443 e. The first-order chi connectivity index (χ1) is 13.0. The summed E-state index contributed by atoms with van der Waals surface area (Å²) in [7, 11) is 0. The fourth-order valence-corrected chi connectivity index (χ4v) is 4.07. The Balaban J connectivity index is 1.44. The number of ether oxygens (including phenoxy) is 1. The summed E-state index contributed by atoms with van der Waals surface area (Å²) in [4.78, 5) is 17.5. The van der Waals surface area contributed by atoms with Gasteiger partial charge in [0.25, 0.3) is 0 Å². The summed E-state index contributed by atoms with van der Waals surface area (Å²) in [6, 6.07) is 4.85. The van der Waals surface area contributed by atoms with E-state index in [1.807, 2.05) is 11.8 Å². The van der Waals surface area contributed by atoms with Crippen molar-refractivity contribution in [1.29, 1.82) is 0 Å². The second kappa shape index (κ2) is 7.28. The van der Waals surface area contributed by atoms with Crippen LogP contribution in [0.5, 0.6) is 0 Å². The Morgan fingerprint density at radius 1 is 1.26 bits per heavy atom. The van der Waals surface area contributed by atoms with Gasteiger partial charge in [0.05, 0.1) is 17.9 Å². The molecule has 0 spiro atoms. The lowest BCUT2D eigenvalue weighted by atomic mass is 10.2. The first-order valence-electron chi connectivity index (χ1n) is 8.83. The number of halogens is 1. The molecule has 0 radical (unpaired) electrons. The molecule has 1 aromatic heterocycles. The molecule has 27 heavy (non-hydrogen) atoms. The van der Waals surface area contributed by atoms with Gasteiger partial charge in [-0.1, -0.05) is 11.3 Å². The van der Waals surface area contributed by atoms with Crippen molar-refractivity contribution >= 4 is 33.9 Å². The van der Waals surface area contributed by atoms with E-state index in [1.54, 1.807) is 23.5 Å². The molecule has 8 nitrogen and oxygen atoms in total. The molecule has 0 aliphatic carbocycles. The molecule has 1 aromatic carbocycles. The molecule has 1 atom stereocenters. The number of anilines is 3. The molecule has 2 aliphatic heterocycles. The van der Waals surface area contributed by atoms with Crippen LogP contribution in [0.4, 0.5) is 25.7 Å². The molecule has 2 saturated heterocycles. The number of hydrogen-bond donors (Lipinski definition) is 1. The number of piperazine rings is 1. The van der Waals surface area contributed by atoms with Gasteiger partial charge in [0.2, 0.25) is 5.13 Å². The van der Waals surface area contributed by atoms with Crippen molar-refractivity contribution in [2.24, 2.45) is 5.73 Å². The van der Waals surface area contributed by atoms with E-state index >= 15 is 0 Å². The fourth-order valence-electron chi connectivity index (χ4n) is 3.33. The lowest BCUT2D eigenvalue weighted by Gasteiger charge is -2.36. The first kappa shape index (κ1) is 17.9. The van der Waals surface area contributed by atoms with Crippen LogP contribution in [0.2, 0.25) is 0 Å². The summed E-state index contributed by atoms with van der Waals surface area (Å²) >= 11 is 1.57. The molecule has 2 aliphatic rings. The zero-order valence-corrected chi connectivity index (χ0v) is 15.8. The van der Waals surface area contributed by atoms with Gasteiger partial charge in [-0.15, -0.1) is 10.2 Å². The molecular weight excluding hydrogens is 371 g/mol. The van der Waals surface area contributed by atoms with Crippen molar-refractivity contribution in [1.82, 2.24) is 10.2 Å². The third-order valence-electron chi connectivity index (χ3n) is 4.79. The van der Waals surface area contributed by atoms with Crippen LogP contribution >= 0.6 is 11.3 Å². The van der Waals surface area contributed by atoms with Crippen LogP contribution in [0.1, 0.15) is 5.01 Å². The van der Waals surface area contributed by atoms with Gasteiger partial charge in [-0.05, 0) is 25.1 Å². The quantitative estimate of drug-likeness (QED) is 0.845. The van der Waals surface area contributed by atoms with Gasteiger partial charge in [0, 0.05) is 32.7 Å². The van der Waals surface area contributed by atoms with Crippen molar-refractivity contribution in [3.63, 3.8) is 0 Å². The molecule has 0 saturated carbocycles. The van der Waals surface area contributed by atoms with Crippen LogP contribution in [0, 0.1) is 12.7 Å². The molecule has 0 unspecified atom stereocenters. The summed E-state index contributed by atoms with van der Waals surface area (Å²) in [6.07, 6.45) is -0.837. The highest BCUT2D eigenvalue weighted by Gasteiger charge is 2.32. The molecule has 2 fully saturated rings. The molecule has 10 heteroatoms. The smallest absolute Gasteiger partial charge is 0.414 e. The SMILES string of the molecule is Cc1nnc(N2CCN(c3ccc(N4C[C@H](CN)OC4=O)cc3F)CC2)s1. The maximum Gasteiger partial charge on any atom is 0.414 e. The first-order valence-corrected chi connectivity index (χ1v) is 9.64. The molecule has 4 rings (SSSR count). The van der Waals surface area contributed by atoms with E-state index < -0.39 is 6.09 Å². The van der Waals surface area contributed by atoms with E-state index in [4.69, 9.17) is 10.5 Å². The van der Waals surface area contributed by atoms with Crippen molar-refractivity contribution < 1.29 is 13.9 Å². The van der Waals surface area contributed by atoms with Crippen molar-refractivity contribution in [3.8, 4) is 0 Å². The Kier molecular flexibility index (Phi) is 4.83. The zero-order chi connectivity index (χ0) is 19.0. The van der Waals surface area contributed by atoms with Gasteiger partial charge in [0.1, 0.15) is 16.9 Å². The molecule has 3 heterocycles. The van der Waals surface area contributed by atoms with Crippen molar-refractivity contribution in [2.75, 3.05) is 54.0 Å². The van der Waals surface area contributed by atoms with Gasteiger partial charge >= 0.3 is 6.09 Å². The number of carbonyl (C=O) groups is 1. The van der Waals surface area contributed by atoms with Crippen LogP contribution < -0.4 is 20.4 Å². The van der Waals surface area contributed by atoms with E-state index in [2.05, 4.69) is 15.1 Å². The van der Waals surface area contributed by atoms with Crippen LogP contribution in [0.25, 0.3) is 0 Å². The molecular formula is C17H21FN6O2S. The van der Waals surface area contributed by atoms with E-state index in [0.717, 1.165) is 23.2 Å². The third kappa shape index (κ3) is 3.54. The van der Waals surface area contributed by atoms with E-state index in [-0.39, 0.29) is 18.5 Å². The Morgan fingerprint density at radius 3 is 2.59 bits per heavy atom. The summed E-state index contributed by atoms with van der Waals surface area (Å²) in [5, 5.41) is 10.1. The number of nitrogens with zero attached hydrogens (tertiary/aromatic N) is 5. The molecule has 0 bridgehead atoms. The van der Waals surface area contributed by atoms with Gasteiger partial charge in [-0.3, -0.25) is 4.90 Å². The van der Waals surface area contributed by atoms with E-state index in [0.29, 0.717) is 31.0 Å². The topological polar surface area (TPSA) is 87.8 Å². The average Bonchev–Trinajstić information content (AvgIpc) is 3.27. The molecule has 144 valence electrons. The highest BCUT2D eigenvalue weighted by Crippen LogP contribution is 2.29. The highest BCUT2D eigenvalue weighted by atomic mass is 32.1. The minimum Gasteiger partial charge on any atom is -0.443 e. The molecule has 2 N–H and O–H groups in total. The number of benzene rings is 1. The standard InChI is InChI=1S/C17H21FN6O2S/c1-11-20-21-16(27-11)23-6-4-22(5-7-23)15-3-2-12(8-14(15)18)24-10-13(9-19)26-17(24)25/h2-3,8,13H,4-7,9-10,19H2,1H3/t13-/m0/s1. The van der Waals surface area contributed by atoms with Gasteiger partial charge in [0.15, 0.2) is 0 Å². The number of amides is 1. The maximum atomic E-state index is 14.7. The van der Waals surface area contributed by atoms with Crippen molar-refractivity contribution in [2.45, 2.75) is 13.0 Å². The van der Waals surface area contributed by atoms with E-state index in [1.165, 1.54) is 11.0 Å². The number of nitrogens with two attached hydrogens (primary N) is 1.